The average molecular weight is 369 g/mol. The third kappa shape index (κ3) is 2.41. The number of thiophene rings is 1. The standard InChI is InChI=1S/C21H24N2O2S/c1-13(2)12-23-19-15(18(24)22(4)20(23)25)11-17(26-19)21(3)10-9-14-7-5-6-8-16(14)21/h5-8,11,13H,9-10,12H2,1-4H3. The molecule has 0 N–H and O–H groups in total. The molecule has 1 aliphatic rings. The molecule has 5 heteroatoms. The van der Waals surface area contributed by atoms with Crippen LogP contribution in [0.4, 0.5) is 0 Å². The molecule has 0 spiro atoms. The Bertz CT molecular complexity index is 1120. The fourth-order valence-electron chi connectivity index (χ4n) is 4.12. The Morgan fingerprint density at radius 2 is 1.96 bits per heavy atom. The lowest BCUT2D eigenvalue weighted by molar-refractivity contribution is 0.504. The summed E-state index contributed by atoms with van der Waals surface area (Å²) in [7, 11) is 1.57. The van der Waals surface area contributed by atoms with Gasteiger partial charge in [-0.25, -0.2) is 4.79 Å². The normalized spacial score (nSPS) is 19.4. The first-order valence-corrected chi connectivity index (χ1v) is 9.97. The molecule has 3 aromatic rings. The first-order chi connectivity index (χ1) is 12.3. The summed E-state index contributed by atoms with van der Waals surface area (Å²) in [6.45, 7) is 7.06. The zero-order valence-corrected chi connectivity index (χ0v) is 16.5. The SMILES string of the molecule is CC(C)Cn1c(=O)n(C)c(=O)c2cc(C3(C)CCc4ccccc43)sc21. The molecule has 1 unspecified atom stereocenters. The van der Waals surface area contributed by atoms with Crippen LogP contribution < -0.4 is 11.2 Å². The van der Waals surface area contributed by atoms with Gasteiger partial charge in [-0.2, -0.15) is 0 Å². The number of hydrogen-bond acceptors (Lipinski definition) is 3. The van der Waals surface area contributed by atoms with Crippen molar-refractivity contribution in [3.63, 3.8) is 0 Å². The number of fused-ring (bicyclic) bond motifs is 2. The molecule has 0 saturated carbocycles. The first kappa shape index (κ1) is 17.3. The zero-order valence-electron chi connectivity index (χ0n) is 15.7. The summed E-state index contributed by atoms with van der Waals surface area (Å²) < 4.78 is 3.02. The fraction of sp³-hybridized carbons (Fsp3) is 0.429. The third-order valence-corrected chi connectivity index (χ3v) is 7.03. The second kappa shape index (κ2) is 5.95. The van der Waals surface area contributed by atoms with E-state index in [1.165, 1.54) is 20.6 Å². The van der Waals surface area contributed by atoms with E-state index in [0.29, 0.717) is 17.8 Å². The number of rotatable bonds is 3. The van der Waals surface area contributed by atoms with E-state index >= 15 is 0 Å². The quantitative estimate of drug-likeness (QED) is 0.708. The van der Waals surface area contributed by atoms with E-state index in [2.05, 4.69) is 45.0 Å². The third-order valence-electron chi connectivity index (χ3n) is 5.61. The van der Waals surface area contributed by atoms with Gasteiger partial charge < -0.3 is 0 Å². The van der Waals surface area contributed by atoms with Crippen LogP contribution >= 0.6 is 11.3 Å². The van der Waals surface area contributed by atoms with Crippen LogP contribution in [0.1, 0.15) is 43.2 Å². The molecular formula is C21H24N2O2S. The Hall–Kier alpha value is -2.14. The van der Waals surface area contributed by atoms with Crippen LogP contribution in [-0.4, -0.2) is 9.13 Å². The van der Waals surface area contributed by atoms with Crippen LogP contribution in [0.25, 0.3) is 10.2 Å². The Labute approximate surface area is 156 Å². The lowest BCUT2D eigenvalue weighted by Gasteiger charge is -2.24. The van der Waals surface area contributed by atoms with E-state index < -0.39 is 0 Å². The van der Waals surface area contributed by atoms with Gasteiger partial charge >= 0.3 is 5.69 Å². The van der Waals surface area contributed by atoms with E-state index in [0.717, 1.165) is 17.7 Å². The van der Waals surface area contributed by atoms with Gasteiger partial charge in [-0.3, -0.25) is 13.9 Å². The second-order valence-corrected chi connectivity index (χ2v) is 9.00. The minimum atomic E-state index is -0.221. The minimum Gasteiger partial charge on any atom is -0.284 e. The first-order valence-electron chi connectivity index (χ1n) is 9.15. The summed E-state index contributed by atoms with van der Waals surface area (Å²) in [6.07, 6.45) is 2.09. The molecule has 1 aromatic carbocycles. The number of hydrogen-bond donors (Lipinski definition) is 0. The highest BCUT2D eigenvalue weighted by Crippen LogP contribution is 2.46. The maximum Gasteiger partial charge on any atom is 0.331 e. The molecule has 136 valence electrons. The van der Waals surface area contributed by atoms with Crippen molar-refractivity contribution in [1.29, 1.82) is 0 Å². The van der Waals surface area contributed by atoms with Crippen LogP contribution in [0.2, 0.25) is 0 Å². The molecule has 0 saturated heterocycles. The Balaban J connectivity index is 1.99. The fourth-order valence-corrected chi connectivity index (χ4v) is 5.46. The summed E-state index contributed by atoms with van der Waals surface area (Å²) in [4.78, 5) is 27.4. The van der Waals surface area contributed by atoms with E-state index in [1.54, 1.807) is 23.0 Å². The Morgan fingerprint density at radius 3 is 2.69 bits per heavy atom. The summed E-state index contributed by atoms with van der Waals surface area (Å²) in [5.74, 6) is 0.335. The molecule has 2 aromatic heterocycles. The van der Waals surface area contributed by atoms with Gasteiger partial charge in [0.1, 0.15) is 4.83 Å². The van der Waals surface area contributed by atoms with Crippen LogP contribution in [0.15, 0.2) is 39.9 Å². The lowest BCUT2D eigenvalue weighted by atomic mass is 9.82. The van der Waals surface area contributed by atoms with Gasteiger partial charge in [0, 0.05) is 23.9 Å². The molecule has 0 fully saturated rings. The number of nitrogens with zero attached hydrogens (tertiary/aromatic N) is 2. The molecule has 1 aliphatic carbocycles. The second-order valence-electron chi connectivity index (χ2n) is 7.97. The van der Waals surface area contributed by atoms with E-state index in [1.807, 2.05) is 6.07 Å². The van der Waals surface area contributed by atoms with E-state index in [-0.39, 0.29) is 16.7 Å². The highest BCUT2D eigenvalue weighted by molar-refractivity contribution is 7.18. The van der Waals surface area contributed by atoms with Crippen LogP contribution in [0, 0.1) is 5.92 Å². The van der Waals surface area contributed by atoms with E-state index in [4.69, 9.17) is 0 Å². The molecule has 0 amide bonds. The predicted molar refractivity (Wildman–Crippen MR) is 107 cm³/mol. The zero-order chi connectivity index (χ0) is 18.6. The smallest absolute Gasteiger partial charge is 0.284 e. The molecule has 26 heavy (non-hydrogen) atoms. The summed E-state index contributed by atoms with van der Waals surface area (Å²) in [5.41, 5.74) is 2.23. The Kier molecular flexibility index (Phi) is 3.95. The largest absolute Gasteiger partial charge is 0.331 e. The average Bonchev–Trinajstić information content (AvgIpc) is 3.20. The highest BCUT2D eigenvalue weighted by Gasteiger charge is 2.37. The van der Waals surface area contributed by atoms with Crippen molar-refractivity contribution >= 4 is 21.6 Å². The van der Waals surface area contributed by atoms with Crippen molar-refractivity contribution in [3.8, 4) is 0 Å². The molecule has 4 nitrogen and oxygen atoms in total. The van der Waals surface area contributed by atoms with Crippen LogP contribution in [-0.2, 0) is 25.4 Å². The molecular weight excluding hydrogens is 344 g/mol. The molecule has 0 radical (unpaired) electrons. The van der Waals surface area contributed by atoms with Gasteiger partial charge in [-0.15, -0.1) is 11.3 Å². The van der Waals surface area contributed by atoms with Gasteiger partial charge in [0.2, 0.25) is 0 Å². The molecule has 0 bridgehead atoms. The van der Waals surface area contributed by atoms with Gasteiger partial charge in [-0.05, 0) is 36.0 Å². The molecule has 4 rings (SSSR count). The van der Waals surface area contributed by atoms with Crippen LogP contribution in [0.3, 0.4) is 0 Å². The molecule has 1 atom stereocenters. The van der Waals surface area contributed by atoms with E-state index in [9.17, 15) is 9.59 Å². The van der Waals surface area contributed by atoms with Crippen molar-refractivity contribution in [3.05, 3.63) is 67.2 Å². The van der Waals surface area contributed by atoms with Gasteiger partial charge in [-0.1, -0.05) is 45.0 Å². The lowest BCUT2D eigenvalue weighted by Crippen LogP contribution is -2.38. The summed E-state index contributed by atoms with van der Waals surface area (Å²) in [5, 5.41) is 0.665. The van der Waals surface area contributed by atoms with Gasteiger partial charge in [0.25, 0.3) is 5.56 Å². The van der Waals surface area contributed by atoms with Crippen LogP contribution in [0.5, 0.6) is 0 Å². The molecule has 0 aliphatic heterocycles. The van der Waals surface area contributed by atoms with Crippen molar-refractivity contribution in [2.75, 3.05) is 0 Å². The van der Waals surface area contributed by atoms with Crippen molar-refractivity contribution in [1.82, 2.24) is 9.13 Å². The summed E-state index contributed by atoms with van der Waals surface area (Å²) >= 11 is 1.61. The van der Waals surface area contributed by atoms with Gasteiger partial charge in [0.15, 0.2) is 0 Å². The number of aromatic nitrogens is 2. The van der Waals surface area contributed by atoms with Crippen molar-refractivity contribution < 1.29 is 0 Å². The predicted octanol–water partition coefficient (Wildman–Crippen LogP) is 3.67. The van der Waals surface area contributed by atoms with Crippen molar-refractivity contribution in [2.45, 2.75) is 45.6 Å². The maximum atomic E-state index is 12.7. The number of aryl methyl sites for hydroxylation is 1. The Morgan fingerprint density at radius 1 is 1.23 bits per heavy atom. The molecule has 2 heterocycles. The monoisotopic (exact) mass is 368 g/mol. The number of benzene rings is 1. The highest BCUT2D eigenvalue weighted by atomic mass is 32.1. The topological polar surface area (TPSA) is 44.0 Å². The van der Waals surface area contributed by atoms with Gasteiger partial charge in [0.05, 0.1) is 5.39 Å². The van der Waals surface area contributed by atoms with Crippen molar-refractivity contribution in [2.24, 2.45) is 13.0 Å². The minimum absolute atomic E-state index is 0.0933. The maximum absolute atomic E-state index is 12.7. The summed E-state index contributed by atoms with van der Waals surface area (Å²) in [6, 6.07) is 10.6.